The van der Waals surface area contributed by atoms with Crippen LogP contribution in [0.1, 0.15) is 1.37 Å². The van der Waals surface area contributed by atoms with Crippen LogP contribution in [0.3, 0.4) is 0 Å². The first-order chi connectivity index (χ1) is 5.29. The maximum atomic E-state index is 7.47. The number of hydrogen-bond acceptors (Lipinski definition) is 1. The van der Waals surface area contributed by atoms with Crippen LogP contribution in [0.25, 0.3) is 5.52 Å². The minimum Gasteiger partial charge on any atom is -0.240 e. The van der Waals surface area contributed by atoms with Gasteiger partial charge < -0.3 is 0 Å². The van der Waals surface area contributed by atoms with E-state index in [1.54, 1.807) is 4.52 Å². The molecule has 3 heteroatoms. The van der Waals surface area contributed by atoms with Crippen LogP contribution in [-0.2, 0) is 0 Å². The molecule has 0 aliphatic carbocycles. The normalized spacial score (nSPS) is 11.9. The lowest BCUT2D eigenvalue weighted by Gasteiger charge is -1.92. The Hall–Kier alpha value is -0.830. The summed E-state index contributed by atoms with van der Waals surface area (Å²) in [5.41, 5.74) is 0.813. The van der Waals surface area contributed by atoms with E-state index in [2.05, 4.69) is 21.0 Å². The van der Waals surface area contributed by atoms with Gasteiger partial charge in [-0.25, -0.2) is 4.52 Å². The van der Waals surface area contributed by atoms with Crippen molar-refractivity contribution in [3.63, 3.8) is 0 Å². The van der Waals surface area contributed by atoms with Crippen LogP contribution in [0.5, 0.6) is 0 Å². The van der Waals surface area contributed by atoms with Gasteiger partial charge in [-0.1, -0.05) is 0 Å². The van der Waals surface area contributed by atoms with Crippen LogP contribution >= 0.6 is 15.9 Å². The zero-order valence-electron chi connectivity index (χ0n) is 6.08. The quantitative estimate of drug-likeness (QED) is 0.633. The van der Waals surface area contributed by atoms with Crippen LogP contribution in [-0.4, -0.2) is 9.61 Å². The number of hydrogen-bond donors (Lipinski definition) is 0. The molecule has 2 rings (SSSR count). The predicted molar refractivity (Wildman–Crippen MR) is 42.9 cm³/mol. The first-order valence-corrected chi connectivity index (χ1v) is 3.67. The molecule has 2 nitrogen and oxygen atoms in total. The van der Waals surface area contributed by atoms with E-state index < -0.39 is 0 Å². The van der Waals surface area contributed by atoms with Crippen molar-refractivity contribution in [3.05, 3.63) is 35.0 Å². The molecule has 0 aliphatic heterocycles. The third kappa shape index (κ3) is 0.743. The van der Waals surface area contributed by atoms with Crippen LogP contribution in [0, 0.1) is 0 Å². The average Bonchev–Trinajstić information content (AvgIpc) is 2.34. The Bertz CT molecular complexity index is 396. The van der Waals surface area contributed by atoms with Crippen molar-refractivity contribution >= 4 is 21.4 Å². The molecule has 10 heavy (non-hydrogen) atoms. The predicted octanol–water partition coefficient (Wildman–Crippen LogP) is 2.10. The first-order valence-electron chi connectivity index (χ1n) is 3.37. The molecule has 0 atom stereocenters. The van der Waals surface area contributed by atoms with Crippen molar-refractivity contribution in [2.45, 2.75) is 0 Å². The van der Waals surface area contributed by atoms with Gasteiger partial charge in [0.05, 0.1) is 13.1 Å². The van der Waals surface area contributed by atoms with Crippen molar-refractivity contribution < 1.29 is 1.37 Å². The molecule has 0 aromatic carbocycles. The number of nitrogens with zero attached hydrogens (tertiary/aromatic N) is 2. The van der Waals surface area contributed by atoms with E-state index in [9.17, 15) is 0 Å². The lowest BCUT2D eigenvalue weighted by atomic mass is 10.4. The van der Waals surface area contributed by atoms with Crippen molar-refractivity contribution in [1.29, 1.82) is 0 Å². The van der Waals surface area contributed by atoms with Gasteiger partial charge in [0.15, 0.2) is 0 Å². The van der Waals surface area contributed by atoms with Crippen molar-refractivity contribution in [2.24, 2.45) is 0 Å². The van der Waals surface area contributed by atoms with Crippen LogP contribution in [0.2, 0.25) is 0 Å². The summed E-state index contributed by atoms with van der Waals surface area (Å²) in [7, 11) is 0. The molecule has 0 radical (unpaired) electrons. The number of aromatic nitrogens is 2. The molecule has 0 saturated heterocycles. The fourth-order valence-corrected chi connectivity index (χ4v) is 1.30. The second-order valence-corrected chi connectivity index (χ2v) is 2.79. The van der Waals surface area contributed by atoms with Crippen molar-refractivity contribution in [3.8, 4) is 0 Å². The molecule has 2 aromatic rings. The maximum absolute atomic E-state index is 7.47. The van der Waals surface area contributed by atoms with Gasteiger partial charge in [0.25, 0.3) is 0 Å². The molecule has 0 amide bonds. The molecule has 2 aromatic heterocycles. The zero-order chi connectivity index (χ0) is 7.84. The highest BCUT2D eigenvalue weighted by atomic mass is 79.9. The average molecular weight is 198 g/mol. The topological polar surface area (TPSA) is 17.3 Å². The molecule has 0 bridgehead atoms. The lowest BCUT2D eigenvalue weighted by molar-refractivity contribution is 0.958. The number of halogens is 1. The molecule has 0 spiro atoms. The van der Waals surface area contributed by atoms with Gasteiger partial charge in [0, 0.05) is 10.7 Å². The highest BCUT2D eigenvalue weighted by Crippen LogP contribution is 2.15. The summed E-state index contributed by atoms with van der Waals surface area (Å²) in [5, 5.41) is 3.98. The molecule has 2 heterocycles. The maximum Gasteiger partial charge on any atom is 0.0803 e. The molecule has 0 N–H and O–H groups in total. The molecular weight excluding hydrogens is 192 g/mol. The van der Waals surface area contributed by atoms with Crippen molar-refractivity contribution in [1.82, 2.24) is 9.61 Å². The van der Waals surface area contributed by atoms with Crippen LogP contribution < -0.4 is 0 Å². The summed E-state index contributed by atoms with van der Waals surface area (Å²) < 4.78 is 10.0. The van der Waals surface area contributed by atoms with E-state index in [4.69, 9.17) is 1.37 Å². The van der Waals surface area contributed by atoms with Gasteiger partial charge in [-0.15, -0.1) is 0 Å². The Morgan fingerprint density at radius 2 is 2.60 bits per heavy atom. The standard InChI is InChI=1S/C7H5BrN2/c8-6-2-1-5-10-7(6)3-4-9-10/h1-5H/i3D. The second kappa shape index (κ2) is 2.09. The summed E-state index contributed by atoms with van der Waals surface area (Å²) in [6.45, 7) is 0. The van der Waals surface area contributed by atoms with E-state index in [-0.39, 0.29) is 0 Å². The SMILES string of the molecule is [2H]c1cnn2cccc(Br)c12. The third-order valence-electron chi connectivity index (χ3n) is 1.31. The number of fused-ring (bicyclic) bond motifs is 1. The molecule has 0 saturated carbocycles. The Kier molecular flexibility index (Phi) is 1.03. The van der Waals surface area contributed by atoms with E-state index >= 15 is 0 Å². The second-order valence-electron chi connectivity index (χ2n) is 1.94. The van der Waals surface area contributed by atoms with Crippen molar-refractivity contribution in [2.75, 3.05) is 0 Å². The summed E-state index contributed by atoms with van der Waals surface area (Å²) in [4.78, 5) is 0. The fraction of sp³-hybridized carbons (Fsp3) is 0. The summed E-state index contributed by atoms with van der Waals surface area (Å²) >= 11 is 3.35. The Morgan fingerprint density at radius 1 is 1.70 bits per heavy atom. The monoisotopic (exact) mass is 197 g/mol. The van der Waals surface area contributed by atoms with Gasteiger partial charge in [0.2, 0.25) is 0 Å². The lowest BCUT2D eigenvalue weighted by Crippen LogP contribution is -1.83. The zero-order valence-corrected chi connectivity index (χ0v) is 6.67. The molecular formula is C7H5BrN2. The largest absolute Gasteiger partial charge is 0.240 e. The van der Waals surface area contributed by atoms with Gasteiger partial charge in [-0.2, -0.15) is 5.10 Å². The number of pyridine rings is 1. The number of rotatable bonds is 0. The Labute approximate surface area is 68.0 Å². The Morgan fingerprint density at radius 3 is 3.40 bits per heavy atom. The minimum atomic E-state index is 0.442. The van der Waals surface area contributed by atoms with E-state index in [0.717, 1.165) is 9.99 Å². The summed E-state index contributed by atoms with van der Waals surface area (Å²) in [5.74, 6) is 0. The van der Waals surface area contributed by atoms with Gasteiger partial charge in [0.1, 0.15) is 0 Å². The van der Waals surface area contributed by atoms with E-state index in [0.29, 0.717) is 6.04 Å². The van der Waals surface area contributed by atoms with Gasteiger partial charge >= 0.3 is 0 Å². The molecule has 0 fully saturated rings. The smallest absolute Gasteiger partial charge is 0.0803 e. The summed E-state index contributed by atoms with van der Waals surface area (Å²) in [6.07, 6.45) is 3.35. The van der Waals surface area contributed by atoms with Gasteiger partial charge in [-0.05, 0) is 34.1 Å². The minimum absolute atomic E-state index is 0.442. The Balaban J connectivity index is 2.96. The molecule has 50 valence electrons. The van der Waals surface area contributed by atoms with Crippen LogP contribution in [0.15, 0.2) is 35.0 Å². The molecule has 0 unspecified atom stereocenters. The third-order valence-corrected chi connectivity index (χ3v) is 1.95. The van der Waals surface area contributed by atoms with E-state index in [1.807, 2.05) is 18.3 Å². The fourth-order valence-electron chi connectivity index (χ4n) is 0.855. The van der Waals surface area contributed by atoms with Gasteiger partial charge in [-0.3, -0.25) is 0 Å². The van der Waals surface area contributed by atoms with E-state index in [1.165, 1.54) is 6.20 Å². The first kappa shape index (κ1) is 4.91. The highest BCUT2D eigenvalue weighted by Gasteiger charge is 1.94. The summed E-state index contributed by atoms with van der Waals surface area (Å²) in [6, 6.07) is 4.22. The molecule has 0 aliphatic rings. The van der Waals surface area contributed by atoms with Crippen LogP contribution in [0.4, 0.5) is 0 Å². The highest BCUT2D eigenvalue weighted by molar-refractivity contribution is 9.10.